The van der Waals surface area contributed by atoms with Crippen LogP contribution in [-0.4, -0.2) is 93.4 Å². The first-order valence-electron chi connectivity index (χ1n) is 21.7. The summed E-state index contributed by atoms with van der Waals surface area (Å²) >= 11 is 0. The van der Waals surface area contributed by atoms with Crippen LogP contribution < -0.4 is 5.73 Å². The molecule has 0 aromatic rings. The van der Waals surface area contributed by atoms with E-state index in [0.717, 1.165) is 12.8 Å². The van der Waals surface area contributed by atoms with Gasteiger partial charge in [0.05, 0.1) is 53.7 Å². The second kappa shape index (κ2) is 17.3. The lowest BCUT2D eigenvalue weighted by Crippen LogP contribution is -2.63. The maximum atomic E-state index is 14.6. The Morgan fingerprint density at radius 2 is 1.59 bits per heavy atom. The number of rotatable bonds is 13. The van der Waals surface area contributed by atoms with Gasteiger partial charge < -0.3 is 44.4 Å². The maximum absolute atomic E-state index is 14.6. The number of hydrogen-bond acceptors (Lipinski definition) is 11. The molecule has 0 radical (unpaired) electrons. The maximum Gasteiger partial charge on any atom is 0.303 e. The number of carbonyl (C=O) groups is 3. The fourth-order valence-corrected chi connectivity index (χ4v) is 10.8. The minimum absolute atomic E-state index is 0.00290. The van der Waals surface area contributed by atoms with Gasteiger partial charge in [-0.1, -0.05) is 55.4 Å². The van der Waals surface area contributed by atoms with E-state index < -0.39 is 64.8 Å². The lowest BCUT2D eigenvalue weighted by atomic mass is 9.72. The van der Waals surface area contributed by atoms with Gasteiger partial charge in [-0.05, 0) is 95.6 Å². The highest BCUT2D eigenvalue weighted by Gasteiger charge is 2.64. The highest BCUT2D eigenvalue weighted by Crippen LogP contribution is 2.54. The van der Waals surface area contributed by atoms with Gasteiger partial charge >= 0.3 is 5.97 Å². The molecule has 18 atom stereocenters. The van der Waals surface area contributed by atoms with Gasteiger partial charge in [-0.3, -0.25) is 14.4 Å². The summed E-state index contributed by atoms with van der Waals surface area (Å²) in [4.78, 5) is 39.2. The van der Waals surface area contributed by atoms with Crippen molar-refractivity contribution in [2.75, 3.05) is 0 Å². The molecule has 4 N–H and O–H groups in total. The van der Waals surface area contributed by atoms with Crippen molar-refractivity contribution < 1.29 is 53.0 Å². The molecule has 320 valence electrons. The molecule has 5 heterocycles. The fraction of sp³-hybridized carbons (Fsp3) is 0.886. The second-order valence-corrected chi connectivity index (χ2v) is 18.6. The lowest BCUT2D eigenvalue weighted by Gasteiger charge is -2.54. The topological polar surface area (TPSA) is 173 Å². The van der Waals surface area contributed by atoms with Gasteiger partial charge in [0.2, 0.25) is 11.7 Å². The van der Waals surface area contributed by atoms with Crippen LogP contribution in [0.4, 0.5) is 0 Å². The molecule has 0 aromatic carbocycles. The lowest BCUT2D eigenvalue weighted by molar-refractivity contribution is -0.409. The van der Waals surface area contributed by atoms with Gasteiger partial charge in [-0.15, -0.1) is 0 Å². The number of carbonyl (C=O) groups excluding carboxylic acids is 3. The number of ether oxygens (including phenoxy) is 6. The molecule has 12 nitrogen and oxygen atoms in total. The fourth-order valence-electron chi connectivity index (χ4n) is 10.8. The van der Waals surface area contributed by atoms with Crippen molar-refractivity contribution in [3.05, 3.63) is 12.2 Å². The number of primary amides is 1. The minimum Gasteiger partial charge on any atom is -0.453 e. The number of amides is 1. The molecule has 56 heavy (non-hydrogen) atoms. The molecule has 0 unspecified atom stereocenters. The molecule has 5 rings (SSSR count). The highest BCUT2D eigenvalue weighted by molar-refractivity contribution is 5.84. The Kier molecular flexibility index (Phi) is 14.0. The number of aliphatic hydroxyl groups excluding tert-OH is 1. The second-order valence-electron chi connectivity index (χ2n) is 18.6. The molecule has 0 aromatic heterocycles. The largest absolute Gasteiger partial charge is 0.453 e. The molecule has 5 aliphatic heterocycles. The van der Waals surface area contributed by atoms with E-state index in [1.807, 2.05) is 53.7 Å². The third-order valence-corrected chi connectivity index (χ3v) is 14.8. The summed E-state index contributed by atoms with van der Waals surface area (Å²) in [6.07, 6.45) is 6.07. The number of esters is 1. The van der Waals surface area contributed by atoms with Crippen molar-refractivity contribution in [1.82, 2.24) is 0 Å². The molecule has 4 fully saturated rings. The van der Waals surface area contributed by atoms with Crippen LogP contribution in [0.5, 0.6) is 0 Å². The third kappa shape index (κ3) is 8.54. The van der Waals surface area contributed by atoms with Crippen molar-refractivity contribution in [3.8, 4) is 0 Å². The van der Waals surface area contributed by atoms with Gasteiger partial charge in [0, 0.05) is 37.0 Å². The first-order chi connectivity index (χ1) is 26.2. The van der Waals surface area contributed by atoms with Crippen LogP contribution in [0.2, 0.25) is 0 Å². The van der Waals surface area contributed by atoms with E-state index in [-0.39, 0.29) is 59.8 Å². The molecule has 0 aliphatic carbocycles. The Labute approximate surface area is 335 Å². The van der Waals surface area contributed by atoms with Crippen LogP contribution in [0.3, 0.4) is 0 Å². The van der Waals surface area contributed by atoms with E-state index >= 15 is 0 Å². The predicted molar refractivity (Wildman–Crippen MR) is 210 cm³/mol. The molecule has 4 saturated heterocycles. The van der Waals surface area contributed by atoms with Gasteiger partial charge in [0.1, 0.15) is 5.78 Å². The van der Waals surface area contributed by atoms with Crippen LogP contribution in [0.1, 0.15) is 140 Å². The molecular formula is C44H73NO11. The monoisotopic (exact) mass is 792 g/mol. The Morgan fingerprint density at radius 3 is 2.18 bits per heavy atom. The first-order valence-corrected chi connectivity index (χ1v) is 21.7. The normalized spacial score (nSPS) is 44.2. The number of nitrogens with two attached hydrogens (primary N) is 1. The summed E-state index contributed by atoms with van der Waals surface area (Å²) in [5, 5.41) is 22.9. The Hall–Kier alpha value is -1.93. The van der Waals surface area contributed by atoms with Crippen molar-refractivity contribution in [2.45, 2.75) is 206 Å². The van der Waals surface area contributed by atoms with Gasteiger partial charge in [0.15, 0.2) is 11.9 Å². The summed E-state index contributed by atoms with van der Waals surface area (Å²) in [5.41, 5.74) is 4.02. The van der Waals surface area contributed by atoms with E-state index in [9.17, 15) is 24.6 Å². The summed E-state index contributed by atoms with van der Waals surface area (Å²) in [6, 6.07) is 0. The van der Waals surface area contributed by atoms with Gasteiger partial charge in [0.25, 0.3) is 0 Å². The molecule has 12 heteroatoms. The van der Waals surface area contributed by atoms with Crippen molar-refractivity contribution >= 4 is 17.7 Å². The third-order valence-electron chi connectivity index (χ3n) is 14.8. The molecular weight excluding hydrogens is 718 g/mol. The summed E-state index contributed by atoms with van der Waals surface area (Å²) in [5.74, 6) is -5.57. The zero-order valence-corrected chi connectivity index (χ0v) is 36.0. The molecule has 1 amide bonds. The van der Waals surface area contributed by atoms with Crippen molar-refractivity contribution in [1.29, 1.82) is 0 Å². The Morgan fingerprint density at radius 1 is 0.911 bits per heavy atom. The van der Waals surface area contributed by atoms with E-state index in [2.05, 4.69) is 20.8 Å². The quantitative estimate of drug-likeness (QED) is 0.144. The first kappa shape index (κ1) is 45.2. The van der Waals surface area contributed by atoms with E-state index in [1.165, 1.54) is 6.92 Å². The van der Waals surface area contributed by atoms with E-state index in [4.69, 9.17) is 34.2 Å². The minimum atomic E-state index is -1.37. The molecule has 2 spiro atoms. The van der Waals surface area contributed by atoms with Crippen LogP contribution >= 0.6 is 0 Å². The van der Waals surface area contributed by atoms with Crippen LogP contribution in [0, 0.1) is 41.4 Å². The number of hydrogen-bond donors (Lipinski definition) is 3. The summed E-state index contributed by atoms with van der Waals surface area (Å²) < 4.78 is 39.9. The Bertz CT molecular complexity index is 1440. The van der Waals surface area contributed by atoms with Crippen molar-refractivity contribution in [2.24, 2.45) is 47.2 Å². The zero-order chi connectivity index (χ0) is 41.5. The zero-order valence-electron chi connectivity index (χ0n) is 36.0. The summed E-state index contributed by atoms with van der Waals surface area (Å²) in [6.45, 7) is 21.1. The number of Topliss-reactive ketones (excluding diaryl/α,β-unsaturated/α-hetero) is 1. The SMILES string of the molecule is CC[C@@H](C(=O)[C@@H](C)[C@@H](O)[C@H](C)[C@@H]1O[C@@H]([C@@H](CC)C(N)=O)CC[C@@H]1C)[C@H]1O[C@]2(C=C[C@@H](OC(C)=O)[C@]3(CC[C@@](C)([C@H]4CC[C@](O)(CC)[C@H](C)O4)O3)O2)[C@H](C)C[C@@H]1C. The number of ketones is 1. The van der Waals surface area contributed by atoms with E-state index in [1.54, 1.807) is 6.92 Å². The van der Waals surface area contributed by atoms with E-state index in [0.29, 0.717) is 51.4 Å². The molecule has 5 aliphatic rings. The molecule has 0 saturated carbocycles. The summed E-state index contributed by atoms with van der Waals surface area (Å²) in [7, 11) is 0. The van der Waals surface area contributed by atoms with Crippen molar-refractivity contribution in [3.63, 3.8) is 0 Å². The molecule has 0 bridgehead atoms. The predicted octanol–water partition coefficient (Wildman–Crippen LogP) is 6.16. The average Bonchev–Trinajstić information content (AvgIpc) is 3.49. The number of aliphatic hydroxyl groups is 2. The smallest absolute Gasteiger partial charge is 0.303 e. The standard InChI is InChI=1S/C44H73NO11/c1-12-31(40(45)49)33-16-15-24(4)38(53-33)28(8)36(47)27(7)37(48)32(13-2)39-25(5)23-26(6)43(54-39)20-18-35(52-30(10)46)44(56-43)22-21-41(11,55-44)34-17-19-42(50,14-3)29(9)51-34/h18,20,24-29,31-36,38-39,47,50H,12-17,19,21-23H2,1-11H3,(H2,45,49)/t24-,25-,26+,27-,28-,29-,31+,32-,33+,34+,35+,36+,38+,39-,41-,42+,43-,44-/m0/s1. The van der Waals surface area contributed by atoms with Crippen LogP contribution in [0.15, 0.2) is 12.2 Å². The highest BCUT2D eigenvalue weighted by atomic mass is 16.8. The van der Waals surface area contributed by atoms with Gasteiger partial charge in [-0.25, -0.2) is 0 Å². The van der Waals surface area contributed by atoms with Gasteiger partial charge in [-0.2, -0.15) is 0 Å². The van der Waals surface area contributed by atoms with Crippen LogP contribution in [-0.2, 0) is 42.8 Å². The van der Waals surface area contributed by atoms with Crippen LogP contribution in [0.25, 0.3) is 0 Å². The Balaban J connectivity index is 1.36. The average molecular weight is 792 g/mol.